The Labute approximate surface area is 117 Å². The number of benzene rings is 1. The summed E-state index contributed by atoms with van der Waals surface area (Å²) in [7, 11) is 0. The Kier molecular flexibility index (Phi) is 3.37. The number of hydrogen-bond acceptors (Lipinski definition) is 3. The first-order chi connectivity index (χ1) is 9.79. The molecule has 0 amide bonds. The van der Waals surface area contributed by atoms with Crippen molar-refractivity contribution >= 4 is 11.0 Å². The number of hydrogen-bond donors (Lipinski definition) is 1. The monoisotopic (exact) mass is 267 g/mol. The molecule has 2 aromatic heterocycles. The molecule has 0 unspecified atom stereocenters. The van der Waals surface area contributed by atoms with Crippen LogP contribution in [0.25, 0.3) is 11.0 Å². The smallest absolute Gasteiger partial charge is 0.137 e. The van der Waals surface area contributed by atoms with Gasteiger partial charge in [0, 0.05) is 12.7 Å². The van der Waals surface area contributed by atoms with Gasteiger partial charge in [0.25, 0.3) is 0 Å². The number of fused-ring (bicyclic) bond motifs is 1. The molecule has 2 heterocycles. The molecule has 102 valence electrons. The van der Waals surface area contributed by atoms with Crippen molar-refractivity contribution in [2.24, 2.45) is 0 Å². The summed E-state index contributed by atoms with van der Waals surface area (Å²) in [6.45, 7) is 3.07. The van der Waals surface area contributed by atoms with Crippen molar-refractivity contribution in [3.63, 3.8) is 0 Å². The maximum absolute atomic E-state index is 9.87. The quantitative estimate of drug-likeness (QED) is 0.790. The SMILES string of the molecule is CCCn1c(Cc2ncccc2O)nc2ccccc21. The third kappa shape index (κ3) is 2.25. The van der Waals surface area contributed by atoms with Crippen LogP contribution in [0.2, 0.25) is 0 Å². The number of aromatic hydroxyl groups is 1. The summed E-state index contributed by atoms with van der Waals surface area (Å²) in [4.78, 5) is 8.92. The summed E-state index contributed by atoms with van der Waals surface area (Å²) in [5.74, 6) is 1.17. The lowest BCUT2D eigenvalue weighted by Gasteiger charge is -2.08. The molecule has 3 rings (SSSR count). The van der Waals surface area contributed by atoms with Crippen molar-refractivity contribution in [3.05, 3.63) is 54.1 Å². The van der Waals surface area contributed by atoms with E-state index in [2.05, 4.69) is 27.5 Å². The van der Waals surface area contributed by atoms with E-state index in [4.69, 9.17) is 0 Å². The number of rotatable bonds is 4. The molecule has 0 radical (unpaired) electrons. The molecule has 0 aliphatic rings. The number of imidazole rings is 1. The van der Waals surface area contributed by atoms with E-state index in [1.807, 2.05) is 18.2 Å². The van der Waals surface area contributed by atoms with Crippen molar-refractivity contribution < 1.29 is 5.11 Å². The second-order valence-corrected chi connectivity index (χ2v) is 4.81. The average Bonchev–Trinajstić information content (AvgIpc) is 2.80. The van der Waals surface area contributed by atoms with Gasteiger partial charge in [-0.05, 0) is 30.7 Å². The number of pyridine rings is 1. The lowest BCUT2D eigenvalue weighted by Crippen LogP contribution is -2.05. The molecule has 0 aliphatic heterocycles. The summed E-state index contributed by atoms with van der Waals surface area (Å²) >= 11 is 0. The van der Waals surface area contributed by atoms with Crippen molar-refractivity contribution in [2.75, 3.05) is 0 Å². The van der Waals surface area contributed by atoms with Crippen LogP contribution in [-0.2, 0) is 13.0 Å². The molecule has 0 saturated carbocycles. The fraction of sp³-hybridized carbons (Fsp3) is 0.250. The maximum Gasteiger partial charge on any atom is 0.137 e. The Morgan fingerprint density at radius 1 is 1.15 bits per heavy atom. The van der Waals surface area contributed by atoms with E-state index in [0.29, 0.717) is 12.1 Å². The van der Waals surface area contributed by atoms with Crippen molar-refractivity contribution in [1.82, 2.24) is 14.5 Å². The Hall–Kier alpha value is -2.36. The highest BCUT2D eigenvalue weighted by atomic mass is 16.3. The molecule has 0 fully saturated rings. The zero-order valence-corrected chi connectivity index (χ0v) is 11.5. The highest BCUT2D eigenvalue weighted by Gasteiger charge is 2.12. The minimum absolute atomic E-state index is 0.225. The van der Waals surface area contributed by atoms with E-state index >= 15 is 0 Å². The third-order valence-corrected chi connectivity index (χ3v) is 3.37. The van der Waals surface area contributed by atoms with Crippen LogP contribution in [0.15, 0.2) is 42.6 Å². The second-order valence-electron chi connectivity index (χ2n) is 4.81. The van der Waals surface area contributed by atoms with Gasteiger partial charge in [-0.15, -0.1) is 0 Å². The molecule has 0 saturated heterocycles. The van der Waals surface area contributed by atoms with Gasteiger partial charge in [-0.2, -0.15) is 0 Å². The van der Waals surface area contributed by atoms with Crippen LogP contribution in [0.5, 0.6) is 5.75 Å². The van der Waals surface area contributed by atoms with Crippen LogP contribution in [-0.4, -0.2) is 19.6 Å². The third-order valence-electron chi connectivity index (χ3n) is 3.37. The van der Waals surface area contributed by atoms with E-state index in [1.54, 1.807) is 18.3 Å². The molecule has 20 heavy (non-hydrogen) atoms. The summed E-state index contributed by atoms with van der Waals surface area (Å²) < 4.78 is 2.21. The molecular formula is C16H17N3O. The molecule has 0 atom stereocenters. The topological polar surface area (TPSA) is 50.9 Å². The number of aromatic nitrogens is 3. The Balaban J connectivity index is 2.06. The first-order valence-electron chi connectivity index (χ1n) is 6.86. The molecule has 1 N–H and O–H groups in total. The minimum atomic E-state index is 0.225. The van der Waals surface area contributed by atoms with Gasteiger partial charge in [-0.25, -0.2) is 4.98 Å². The zero-order valence-electron chi connectivity index (χ0n) is 11.5. The van der Waals surface area contributed by atoms with E-state index < -0.39 is 0 Å². The fourth-order valence-electron chi connectivity index (χ4n) is 2.45. The standard InChI is InChI=1S/C16H17N3O/c1-2-10-19-14-7-4-3-6-12(14)18-16(19)11-13-15(20)8-5-9-17-13/h3-9,20H,2,10-11H2,1H3. The van der Waals surface area contributed by atoms with Crippen LogP contribution in [0, 0.1) is 0 Å². The summed E-state index contributed by atoms with van der Waals surface area (Å²) in [5.41, 5.74) is 2.80. The zero-order chi connectivity index (χ0) is 13.9. The number of nitrogens with zero attached hydrogens (tertiary/aromatic N) is 3. The minimum Gasteiger partial charge on any atom is -0.506 e. The Morgan fingerprint density at radius 3 is 2.80 bits per heavy atom. The Bertz CT molecular complexity index is 733. The first kappa shape index (κ1) is 12.7. The van der Waals surface area contributed by atoms with Gasteiger partial charge in [0.05, 0.1) is 23.1 Å². The van der Waals surface area contributed by atoms with E-state index in [-0.39, 0.29) is 5.75 Å². The Morgan fingerprint density at radius 2 is 2.00 bits per heavy atom. The molecule has 3 aromatic rings. The van der Waals surface area contributed by atoms with E-state index in [9.17, 15) is 5.11 Å². The van der Waals surface area contributed by atoms with Crippen molar-refractivity contribution in [1.29, 1.82) is 0 Å². The van der Waals surface area contributed by atoms with Crippen molar-refractivity contribution in [3.8, 4) is 5.75 Å². The van der Waals surface area contributed by atoms with E-state index in [0.717, 1.165) is 29.8 Å². The molecule has 0 bridgehead atoms. The van der Waals surface area contributed by atoms with E-state index in [1.165, 1.54) is 0 Å². The van der Waals surface area contributed by atoms with Gasteiger partial charge in [0.2, 0.25) is 0 Å². The van der Waals surface area contributed by atoms with Gasteiger partial charge >= 0.3 is 0 Å². The number of aryl methyl sites for hydroxylation is 1. The van der Waals surface area contributed by atoms with Gasteiger partial charge in [0.15, 0.2) is 0 Å². The highest BCUT2D eigenvalue weighted by molar-refractivity contribution is 5.76. The van der Waals surface area contributed by atoms with Gasteiger partial charge in [-0.3, -0.25) is 4.98 Å². The largest absolute Gasteiger partial charge is 0.506 e. The first-order valence-corrected chi connectivity index (χ1v) is 6.86. The number of para-hydroxylation sites is 2. The fourth-order valence-corrected chi connectivity index (χ4v) is 2.45. The highest BCUT2D eigenvalue weighted by Crippen LogP contribution is 2.21. The average molecular weight is 267 g/mol. The van der Waals surface area contributed by atoms with Crippen molar-refractivity contribution in [2.45, 2.75) is 26.3 Å². The predicted molar refractivity (Wildman–Crippen MR) is 78.7 cm³/mol. The van der Waals surface area contributed by atoms with Crippen LogP contribution in [0.4, 0.5) is 0 Å². The van der Waals surface area contributed by atoms with Crippen LogP contribution >= 0.6 is 0 Å². The molecule has 0 spiro atoms. The normalized spacial score (nSPS) is 11.1. The van der Waals surface area contributed by atoms with Gasteiger partial charge < -0.3 is 9.67 Å². The lowest BCUT2D eigenvalue weighted by molar-refractivity contribution is 0.464. The van der Waals surface area contributed by atoms with Crippen LogP contribution in [0.1, 0.15) is 24.9 Å². The molecule has 4 nitrogen and oxygen atoms in total. The van der Waals surface area contributed by atoms with Gasteiger partial charge in [-0.1, -0.05) is 19.1 Å². The summed E-state index contributed by atoms with van der Waals surface area (Å²) in [6, 6.07) is 11.5. The predicted octanol–water partition coefficient (Wildman–Crippen LogP) is 3.14. The second kappa shape index (κ2) is 5.33. The van der Waals surface area contributed by atoms with Crippen LogP contribution < -0.4 is 0 Å². The summed E-state index contributed by atoms with van der Waals surface area (Å²) in [5, 5.41) is 9.87. The molecule has 0 aliphatic carbocycles. The molecule has 4 heteroatoms. The lowest BCUT2D eigenvalue weighted by atomic mass is 10.2. The van der Waals surface area contributed by atoms with Crippen LogP contribution in [0.3, 0.4) is 0 Å². The van der Waals surface area contributed by atoms with Gasteiger partial charge in [0.1, 0.15) is 11.6 Å². The maximum atomic E-state index is 9.87. The summed E-state index contributed by atoms with van der Waals surface area (Å²) in [6.07, 6.45) is 3.28. The molecule has 1 aromatic carbocycles. The molecular weight excluding hydrogens is 250 g/mol.